The van der Waals surface area contributed by atoms with Gasteiger partial charge in [0.1, 0.15) is 6.04 Å². The molecule has 82 valence electrons. The van der Waals surface area contributed by atoms with Gasteiger partial charge in [-0.15, -0.1) is 0 Å². The first-order valence-corrected chi connectivity index (χ1v) is 5.12. The van der Waals surface area contributed by atoms with E-state index in [1.54, 1.807) is 6.92 Å². The maximum Gasteiger partial charge on any atom is 1.00 e. The Balaban J connectivity index is 0. The summed E-state index contributed by atoms with van der Waals surface area (Å²) < 4.78 is 0. The second-order valence-electron chi connectivity index (χ2n) is 3.86. The number of rotatable bonds is 4. The Hall–Kier alpha value is -0.463. The predicted molar refractivity (Wildman–Crippen MR) is 53.0 cm³/mol. The van der Waals surface area contributed by atoms with Crippen LogP contribution in [0.1, 0.15) is 40.5 Å². The molecule has 5 heteroatoms. The van der Waals surface area contributed by atoms with Crippen LogP contribution in [0.3, 0.4) is 0 Å². The van der Waals surface area contributed by atoms with E-state index in [9.17, 15) is 9.59 Å². The molecule has 0 bridgehead atoms. The zero-order valence-electron chi connectivity index (χ0n) is 10.5. The molecule has 1 unspecified atom stereocenters. The number of carbonyl (C=O) groups is 2. The van der Waals surface area contributed by atoms with Crippen LogP contribution in [-0.4, -0.2) is 34.5 Å². The van der Waals surface area contributed by atoms with Crippen LogP contribution in [0.2, 0.25) is 0 Å². The van der Waals surface area contributed by atoms with Gasteiger partial charge in [0, 0.05) is 6.04 Å². The largest absolute Gasteiger partial charge is 1.00 e. The van der Waals surface area contributed by atoms with E-state index in [2.05, 4.69) is 0 Å². The van der Waals surface area contributed by atoms with Crippen molar-refractivity contribution < 1.29 is 35.0 Å². The minimum Gasteiger partial charge on any atom is -1.00 e. The van der Waals surface area contributed by atoms with Gasteiger partial charge in [-0.3, -0.25) is 4.79 Å². The van der Waals surface area contributed by atoms with Crippen molar-refractivity contribution in [1.29, 1.82) is 0 Å². The van der Waals surface area contributed by atoms with Crippen LogP contribution in [0.15, 0.2) is 0 Å². The number of amides is 1. The Morgan fingerprint density at radius 1 is 1.47 bits per heavy atom. The van der Waals surface area contributed by atoms with Crippen molar-refractivity contribution in [2.24, 2.45) is 0 Å². The Kier molecular flexibility index (Phi) is 6.71. The van der Waals surface area contributed by atoms with Gasteiger partial charge in [-0.05, 0) is 19.8 Å². The van der Waals surface area contributed by atoms with E-state index in [1.807, 2.05) is 0 Å². The fraction of sp³-hybridized carbons (Fsp3) is 0.800. The fourth-order valence-electron chi connectivity index (χ4n) is 2.00. The quantitative estimate of drug-likeness (QED) is 0.444. The average molecular weight is 207 g/mol. The number of nitrogens with zero attached hydrogens (tertiary/aromatic N) is 1. The molecule has 0 aliphatic heterocycles. The summed E-state index contributed by atoms with van der Waals surface area (Å²) in [7, 11) is 0. The van der Waals surface area contributed by atoms with Crippen LogP contribution in [0.5, 0.6) is 0 Å². The van der Waals surface area contributed by atoms with Gasteiger partial charge in [0.2, 0.25) is 6.41 Å². The van der Waals surface area contributed by atoms with Gasteiger partial charge in [0.25, 0.3) is 0 Å². The van der Waals surface area contributed by atoms with Gasteiger partial charge in [-0.2, -0.15) is 0 Å². The van der Waals surface area contributed by atoms with Crippen molar-refractivity contribution in [3.05, 3.63) is 0 Å². The molecule has 1 aliphatic rings. The van der Waals surface area contributed by atoms with Crippen LogP contribution < -0.4 is 18.9 Å². The second-order valence-corrected chi connectivity index (χ2v) is 3.86. The number of hydrogen-bond donors (Lipinski definition) is 1. The molecular formula is C10H18LiNO3. The van der Waals surface area contributed by atoms with Crippen molar-refractivity contribution >= 4 is 12.4 Å². The van der Waals surface area contributed by atoms with Crippen molar-refractivity contribution in [1.82, 2.24) is 4.90 Å². The third-order valence-electron chi connectivity index (χ3n) is 2.92. The summed E-state index contributed by atoms with van der Waals surface area (Å²) in [5.41, 5.74) is 0. The topological polar surface area (TPSA) is 57.6 Å². The zero-order valence-corrected chi connectivity index (χ0v) is 9.48. The Labute approximate surface area is 104 Å². The van der Waals surface area contributed by atoms with E-state index >= 15 is 0 Å². The van der Waals surface area contributed by atoms with Crippen LogP contribution in [-0.2, 0) is 9.59 Å². The third-order valence-corrected chi connectivity index (χ3v) is 2.92. The smallest absolute Gasteiger partial charge is 1.00 e. The van der Waals surface area contributed by atoms with Crippen LogP contribution in [0.4, 0.5) is 0 Å². The number of carboxylic acids is 1. The van der Waals surface area contributed by atoms with Gasteiger partial charge in [-0.1, -0.05) is 19.3 Å². The van der Waals surface area contributed by atoms with Crippen molar-refractivity contribution in [2.45, 2.75) is 51.1 Å². The van der Waals surface area contributed by atoms with Crippen molar-refractivity contribution in [3.63, 3.8) is 0 Å². The molecule has 1 atom stereocenters. The molecular weight excluding hydrogens is 189 g/mol. The van der Waals surface area contributed by atoms with Crippen molar-refractivity contribution in [3.8, 4) is 0 Å². The molecule has 0 spiro atoms. The molecule has 0 aromatic rings. The molecule has 1 saturated carbocycles. The summed E-state index contributed by atoms with van der Waals surface area (Å²) in [5, 5.41) is 8.81. The van der Waals surface area contributed by atoms with Crippen LogP contribution >= 0.6 is 0 Å². The molecule has 0 aromatic carbocycles. The molecule has 15 heavy (non-hydrogen) atoms. The summed E-state index contributed by atoms with van der Waals surface area (Å²) in [6, 6.07) is -0.567. The summed E-state index contributed by atoms with van der Waals surface area (Å²) >= 11 is 0. The molecule has 4 nitrogen and oxygen atoms in total. The van der Waals surface area contributed by atoms with Gasteiger partial charge >= 0.3 is 24.8 Å². The fourth-order valence-corrected chi connectivity index (χ4v) is 2.00. The normalized spacial score (nSPS) is 18.7. The predicted octanol–water partition coefficient (Wildman–Crippen LogP) is -1.63. The number of carboxylic acid groups (broad SMARTS) is 1. The van der Waals surface area contributed by atoms with Gasteiger partial charge < -0.3 is 11.4 Å². The summed E-state index contributed by atoms with van der Waals surface area (Å²) in [6.07, 6.45) is 5.95. The molecule has 1 amide bonds. The van der Waals surface area contributed by atoms with E-state index in [1.165, 1.54) is 11.3 Å². The maximum atomic E-state index is 10.8. The number of carbonyl (C=O) groups excluding carboxylic acids is 1. The van der Waals surface area contributed by atoms with E-state index in [0.29, 0.717) is 6.41 Å². The van der Waals surface area contributed by atoms with Crippen molar-refractivity contribution in [2.75, 3.05) is 0 Å². The van der Waals surface area contributed by atoms with E-state index in [4.69, 9.17) is 5.11 Å². The molecule has 1 fully saturated rings. The molecule has 1 N–H and O–H groups in total. The first-order chi connectivity index (χ1) is 6.66. The first-order valence-electron chi connectivity index (χ1n) is 5.12. The standard InChI is InChI=1S/C10H17NO3.Li.H/c1-8(10(13)14)11(7-12)9-5-3-2-4-6-9;;/h7-9H,2-6H2,1H3,(H,13,14);;/q;+1;-1. The molecule has 0 heterocycles. The molecule has 0 saturated heterocycles. The Morgan fingerprint density at radius 3 is 2.40 bits per heavy atom. The Bertz CT molecular complexity index is 222. The minimum atomic E-state index is -0.928. The van der Waals surface area contributed by atoms with Gasteiger partial charge in [-0.25, -0.2) is 4.79 Å². The second kappa shape index (κ2) is 6.92. The van der Waals surface area contributed by atoms with E-state index in [0.717, 1.165) is 25.7 Å². The monoisotopic (exact) mass is 207 g/mol. The molecule has 1 aliphatic carbocycles. The van der Waals surface area contributed by atoms with Crippen LogP contribution in [0, 0.1) is 0 Å². The third kappa shape index (κ3) is 3.88. The summed E-state index contributed by atoms with van der Waals surface area (Å²) in [5.74, 6) is -0.928. The molecule has 0 aromatic heterocycles. The van der Waals surface area contributed by atoms with E-state index in [-0.39, 0.29) is 26.3 Å². The average Bonchev–Trinajstić information content (AvgIpc) is 2.20. The van der Waals surface area contributed by atoms with Crippen LogP contribution in [0.25, 0.3) is 0 Å². The zero-order chi connectivity index (χ0) is 10.6. The summed E-state index contributed by atoms with van der Waals surface area (Å²) in [6.45, 7) is 1.56. The molecule has 1 rings (SSSR count). The number of hydrogen-bond acceptors (Lipinski definition) is 2. The maximum absolute atomic E-state index is 10.8. The summed E-state index contributed by atoms with van der Waals surface area (Å²) in [4.78, 5) is 23.0. The Morgan fingerprint density at radius 2 is 2.00 bits per heavy atom. The van der Waals surface area contributed by atoms with Gasteiger partial charge in [0.15, 0.2) is 0 Å². The minimum absolute atomic E-state index is 0. The van der Waals surface area contributed by atoms with Gasteiger partial charge in [0.05, 0.1) is 0 Å². The first kappa shape index (κ1) is 14.5. The van der Waals surface area contributed by atoms with E-state index < -0.39 is 12.0 Å². The SMILES string of the molecule is CC(C(=O)O)N(C=O)C1CCCCC1.[H-].[Li+]. The molecule has 0 radical (unpaired) electrons. The number of aliphatic carboxylic acids is 1.